The highest BCUT2D eigenvalue weighted by Crippen LogP contribution is 2.29. The van der Waals surface area contributed by atoms with E-state index in [0.29, 0.717) is 18.2 Å². The van der Waals surface area contributed by atoms with Gasteiger partial charge in [0.1, 0.15) is 0 Å². The molecule has 0 aromatic heterocycles. The second kappa shape index (κ2) is 6.06. The molecule has 0 aliphatic heterocycles. The number of nitriles is 1. The van der Waals surface area contributed by atoms with E-state index in [0.717, 1.165) is 18.4 Å². The maximum atomic E-state index is 12.5. The van der Waals surface area contributed by atoms with E-state index in [-0.39, 0.29) is 11.8 Å². The van der Waals surface area contributed by atoms with Gasteiger partial charge in [-0.15, -0.1) is 0 Å². The molecule has 0 saturated heterocycles. The van der Waals surface area contributed by atoms with Crippen LogP contribution in [-0.2, 0) is 11.3 Å². The van der Waals surface area contributed by atoms with Gasteiger partial charge in [0.05, 0.1) is 17.7 Å². The number of carbonyl (C=O) groups excluding carboxylic acids is 1. The van der Waals surface area contributed by atoms with Gasteiger partial charge < -0.3 is 10.6 Å². The van der Waals surface area contributed by atoms with Crippen molar-refractivity contribution in [2.45, 2.75) is 45.3 Å². The van der Waals surface area contributed by atoms with Gasteiger partial charge in [0.2, 0.25) is 5.91 Å². The Morgan fingerprint density at radius 1 is 1.50 bits per heavy atom. The lowest BCUT2D eigenvalue weighted by molar-refractivity contribution is -0.134. The molecule has 2 N–H and O–H groups in total. The molecule has 0 radical (unpaired) electrons. The van der Waals surface area contributed by atoms with Crippen molar-refractivity contribution in [2.24, 2.45) is 11.7 Å². The van der Waals surface area contributed by atoms with E-state index in [2.05, 4.69) is 6.07 Å². The van der Waals surface area contributed by atoms with Crippen LogP contribution in [0.5, 0.6) is 0 Å². The molecule has 1 amide bonds. The molecule has 1 aromatic carbocycles. The van der Waals surface area contributed by atoms with Crippen molar-refractivity contribution in [3.63, 3.8) is 0 Å². The van der Waals surface area contributed by atoms with Gasteiger partial charge in [0.15, 0.2) is 0 Å². The van der Waals surface area contributed by atoms with Crippen LogP contribution >= 0.6 is 0 Å². The zero-order valence-electron chi connectivity index (χ0n) is 12.0. The van der Waals surface area contributed by atoms with E-state index in [4.69, 9.17) is 11.0 Å². The van der Waals surface area contributed by atoms with Crippen LogP contribution in [0.2, 0.25) is 0 Å². The predicted molar refractivity (Wildman–Crippen MR) is 77.5 cm³/mol. The summed E-state index contributed by atoms with van der Waals surface area (Å²) in [6.45, 7) is 4.47. The molecule has 1 atom stereocenters. The number of nitrogens with zero attached hydrogens (tertiary/aromatic N) is 2. The van der Waals surface area contributed by atoms with Crippen molar-refractivity contribution in [1.82, 2.24) is 4.90 Å². The van der Waals surface area contributed by atoms with Crippen LogP contribution in [0, 0.1) is 17.2 Å². The van der Waals surface area contributed by atoms with Crippen molar-refractivity contribution in [3.8, 4) is 6.07 Å². The third-order valence-electron chi connectivity index (χ3n) is 3.68. The third-order valence-corrected chi connectivity index (χ3v) is 3.68. The monoisotopic (exact) mass is 271 g/mol. The standard InChI is InChI=1S/C16H21N3O/c1-11(2)15(18)16(20)19(14-6-7-14)10-13-5-3-4-12(8-13)9-17/h3-5,8,11,14-15H,6-7,10,18H2,1-2H3. The minimum absolute atomic E-state index is 0.0184. The first-order valence-corrected chi connectivity index (χ1v) is 7.08. The predicted octanol–water partition coefficient (Wildman–Crippen LogP) is 2.03. The van der Waals surface area contributed by atoms with Gasteiger partial charge in [-0.2, -0.15) is 5.26 Å². The van der Waals surface area contributed by atoms with E-state index in [1.54, 1.807) is 6.07 Å². The van der Waals surface area contributed by atoms with Crippen molar-refractivity contribution in [2.75, 3.05) is 0 Å². The van der Waals surface area contributed by atoms with Gasteiger partial charge in [-0.05, 0) is 36.5 Å². The molecule has 1 aliphatic carbocycles. The summed E-state index contributed by atoms with van der Waals surface area (Å²) in [5, 5.41) is 8.94. The minimum Gasteiger partial charge on any atom is -0.334 e. The van der Waals surface area contributed by atoms with Crippen LogP contribution in [-0.4, -0.2) is 22.9 Å². The van der Waals surface area contributed by atoms with Gasteiger partial charge in [0, 0.05) is 12.6 Å². The molecule has 1 unspecified atom stereocenters. The maximum absolute atomic E-state index is 12.5. The van der Waals surface area contributed by atoms with Gasteiger partial charge in [0.25, 0.3) is 0 Å². The number of nitrogens with two attached hydrogens (primary N) is 1. The average Bonchev–Trinajstić information content (AvgIpc) is 3.27. The molecule has 0 spiro atoms. The summed E-state index contributed by atoms with van der Waals surface area (Å²) in [6.07, 6.45) is 2.10. The Morgan fingerprint density at radius 3 is 2.75 bits per heavy atom. The maximum Gasteiger partial charge on any atom is 0.240 e. The SMILES string of the molecule is CC(C)C(N)C(=O)N(Cc1cccc(C#N)c1)C1CC1. The van der Waals surface area contributed by atoms with Crippen LogP contribution in [0.25, 0.3) is 0 Å². The largest absolute Gasteiger partial charge is 0.334 e. The number of benzene rings is 1. The van der Waals surface area contributed by atoms with Crippen molar-refractivity contribution >= 4 is 5.91 Å². The fourth-order valence-corrected chi connectivity index (χ4v) is 2.19. The number of hydrogen-bond acceptors (Lipinski definition) is 3. The lowest BCUT2D eigenvalue weighted by Gasteiger charge is -2.27. The van der Waals surface area contributed by atoms with Crippen LogP contribution in [0.4, 0.5) is 0 Å². The molecule has 1 saturated carbocycles. The van der Waals surface area contributed by atoms with E-state index in [1.807, 2.05) is 36.9 Å². The molecule has 106 valence electrons. The van der Waals surface area contributed by atoms with E-state index in [1.165, 1.54) is 0 Å². The van der Waals surface area contributed by atoms with Gasteiger partial charge in [-0.25, -0.2) is 0 Å². The highest BCUT2D eigenvalue weighted by atomic mass is 16.2. The molecule has 1 fully saturated rings. The van der Waals surface area contributed by atoms with Crippen LogP contribution < -0.4 is 5.73 Å². The van der Waals surface area contributed by atoms with Crippen molar-refractivity contribution < 1.29 is 4.79 Å². The first kappa shape index (κ1) is 14.5. The molecule has 0 bridgehead atoms. The van der Waals surface area contributed by atoms with Crippen molar-refractivity contribution in [3.05, 3.63) is 35.4 Å². The second-order valence-electron chi connectivity index (χ2n) is 5.78. The van der Waals surface area contributed by atoms with Gasteiger partial charge >= 0.3 is 0 Å². The molecular formula is C16H21N3O. The molecule has 0 heterocycles. The smallest absolute Gasteiger partial charge is 0.240 e. The zero-order chi connectivity index (χ0) is 14.7. The summed E-state index contributed by atoms with van der Waals surface area (Å²) in [4.78, 5) is 14.3. The highest BCUT2D eigenvalue weighted by molar-refractivity contribution is 5.82. The number of amides is 1. The summed E-state index contributed by atoms with van der Waals surface area (Å²) >= 11 is 0. The molecule has 20 heavy (non-hydrogen) atoms. The Morgan fingerprint density at radius 2 is 2.20 bits per heavy atom. The second-order valence-corrected chi connectivity index (χ2v) is 5.78. The topological polar surface area (TPSA) is 70.1 Å². The Balaban J connectivity index is 2.13. The third kappa shape index (κ3) is 3.37. The van der Waals surface area contributed by atoms with E-state index >= 15 is 0 Å². The number of carbonyl (C=O) groups is 1. The summed E-state index contributed by atoms with van der Waals surface area (Å²) in [7, 11) is 0. The molecule has 4 heteroatoms. The number of rotatable bonds is 5. The Labute approximate surface area is 120 Å². The molecular weight excluding hydrogens is 250 g/mol. The first-order chi connectivity index (χ1) is 9.52. The molecule has 4 nitrogen and oxygen atoms in total. The van der Waals surface area contributed by atoms with Gasteiger partial charge in [-0.3, -0.25) is 4.79 Å². The molecule has 1 aromatic rings. The molecule has 2 rings (SSSR count). The van der Waals surface area contributed by atoms with Crippen LogP contribution in [0.3, 0.4) is 0 Å². The normalized spacial score (nSPS) is 15.8. The Bertz CT molecular complexity index is 529. The lowest BCUT2D eigenvalue weighted by atomic mass is 10.0. The summed E-state index contributed by atoms with van der Waals surface area (Å²) in [5.74, 6) is 0.152. The Kier molecular flexibility index (Phi) is 4.41. The fourth-order valence-electron chi connectivity index (χ4n) is 2.19. The van der Waals surface area contributed by atoms with E-state index < -0.39 is 6.04 Å². The fraction of sp³-hybridized carbons (Fsp3) is 0.500. The lowest BCUT2D eigenvalue weighted by Crippen LogP contribution is -2.47. The summed E-state index contributed by atoms with van der Waals surface area (Å²) < 4.78 is 0. The quantitative estimate of drug-likeness (QED) is 0.890. The highest BCUT2D eigenvalue weighted by Gasteiger charge is 2.35. The van der Waals surface area contributed by atoms with Crippen LogP contribution in [0.15, 0.2) is 24.3 Å². The Hall–Kier alpha value is -1.86. The average molecular weight is 271 g/mol. The van der Waals surface area contributed by atoms with E-state index in [9.17, 15) is 4.79 Å². The minimum atomic E-state index is -0.449. The summed E-state index contributed by atoms with van der Waals surface area (Å²) in [5.41, 5.74) is 7.60. The molecule has 1 aliphatic rings. The van der Waals surface area contributed by atoms with Crippen molar-refractivity contribution in [1.29, 1.82) is 5.26 Å². The zero-order valence-corrected chi connectivity index (χ0v) is 12.0. The van der Waals surface area contributed by atoms with Gasteiger partial charge in [-0.1, -0.05) is 26.0 Å². The van der Waals surface area contributed by atoms with Crippen LogP contribution in [0.1, 0.15) is 37.8 Å². The summed E-state index contributed by atoms with van der Waals surface area (Å²) in [6, 6.07) is 9.40. The number of hydrogen-bond donors (Lipinski definition) is 1. The first-order valence-electron chi connectivity index (χ1n) is 7.08.